The lowest BCUT2D eigenvalue weighted by Gasteiger charge is -2.47. The maximum atomic E-state index is 18.9. The molecule has 6 aliphatic heterocycles. The highest BCUT2D eigenvalue weighted by molar-refractivity contribution is 7.04. The van der Waals surface area contributed by atoms with Crippen molar-refractivity contribution in [2.75, 3.05) is 19.6 Å². The van der Waals surface area contributed by atoms with Crippen molar-refractivity contribution in [1.29, 1.82) is 0 Å². The van der Waals surface area contributed by atoms with Gasteiger partial charge in [-0.2, -0.15) is 0 Å². The fourth-order valence-corrected chi connectivity index (χ4v) is 24.3. The van der Waals surface area contributed by atoms with Crippen molar-refractivity contribution in [2.45, 2.75) is 13.8 Å². The SMILES string of the molecule is C/C=C\C(F)=C(/C)N1c2cc3c(cc2B2c4cc5c(cc4N(c4c(F)cccc4F)c4cc(-n6c7ccccc7c7ccccc76)cc1c42)N(c1c(F)cccc1F)c1cc(-n2c4ccccc4c4ccccc42)cc2c1B5c1cccc4c5ccccc5n-2c14)B1c2c(cc(-n4c5ccccc5c5ccccc54)cc2-n2c4ccccc4c4cccc1c42)N3c1c(F)cccc1F. The number of benzene rings is 18. The molecule has 0 fully saturated rings. The van der Waals surface area contributed by atoms with Crippen LogP contribution in [0.3, 0.4) is 0 Å². The zero-order valence-electron chi connectivity index (χ0n) is 71.0. The molecule has 9 nitrogen and oxygen atoms in total. The van der Waals surface area contributed by atoms with Gasteiger partial charge in [-0.05, 0) is 203 Å². The van der Waals surface area contributed by atoms with Gasteiger partial charge in [0.2, 0.25) is 0 Å². The minimum absolute atomic E-state index is 0.111. The molecule has 133 heavy (non-hydrogen) atoms. The standard InChI is InChI=1S/C114H65B3F7N9/c1-3-25-82(118)62(2)125-97-60-98-79(115-76-36-20-34-74-72-32-10-18-50-95(72)129(110(74)76)102-53-64(56-105(108(102)115)131(98)112-83(119)38-22-39-84(112)120)127-91-46-14-6-28-68(91)69-29-7-15-47-92(69)127)58-78(97)117-81-59-80-99(61-100(81)133(114-87(123)42-24-43-88(114)124)104-55-63(52-101(125)107(104)117)126-89-44-12-4-26-66(89)67-27-5-13-45-90(67)126)132(113-85(121)40-23-41-86(113)122)106-57-65(128-93-48-16-8-30-70(93)71-31-9-17-49-94(71)128)54-103-109(106)116(80)77-37-21-35-75-73-33-11-19-51-96(73)130(103)111(75)77/h3-61H,1-2H3/b25-3-,82-62-. The quantitative estimate of drug-likeness (QED) is 0.0863. The van der Waals surface area contributed by atoms with E-state index in [1.165, 1.54) is 60.7 Å². The number of rotatable bonds is 8. The lowest BCUT2D eigenvalue weighted by atomic mass is 9.29. The molecule has 29 rings (SSSR count). The van der Waals surface area contributed by atoms with E-state index in [0.717, 1.165) is 148 Å². The van der Waals surface area contributed by atoms with E-state index in [9.17, 15) is 0 Å². The van der Waals surface area contributed by atoms with Crippen LogP contribution in [0, 0.1) is 34.9 Å². The summed E-state index contributed by atoms with van der Waals surface area (Å²) in [4.78, 5) is 6.97. The fraction of sp³-hybridized carbons (Fsp3) is 0.0175. The van der Waals surface area contributed by atoms with Gasteiger partial charge in [0, 0.05) is 122 Å². The number of aromatic nitrogens is 5. The van der Waals surface area contributed by atoms with Crippen LogP contribution < -0.4 is 68.8 Å². The number of hydrogen-bond donors (Lipinski definition) is 0. The Balaban J connectivity index is 0.796. The predicted octanol–water partition coefficient (Wildman–Crippen LogP) is 23.8. The molecule has 0 saturated carbocycles. The number of anilines is 11. The molecule has 0 unspecified atom stereocenters. The van der Waals surface area contributed by atoms with Gasteiger partial charge in [-0.25, -0.2) is 30.7 Å². The van der Waals surface area contributed by atoms with E-state index in [1.807, 2.05) is 144 Å². The van der Waals surface area contributed by atoms with Crippen molar-refractivity contribution < 1.29 is 30.7 Å². The van der Waals surface area contributed by atoms with Gasteiger partial charge in [0.1, 0.15) is 57.8 Å². The average Bonchev–Trinajstić information content (AvgIpc) is 1.66. The molecule has 0 spiro atoms. The third-order valence-electron chi connectivity index (χ3n) is 29.3. The molecule has 0 atom stereocenters. The summed E-state index contributed by atoms with van der Waals surface area (Å²) in [6.07, 6.45) is 3.05. The summed E-state index contributed by atoms with van der Waals surface area (Å²) in [7, 11) is 0. The van der Waals surface area contributed by atoms with Crippen LogP contribution in [-0.2, 0) is 0 Å². The first-order chi connectivity index (χ1) is 65.3. The van der Waals surface area contributed by atoms with Gasteiger partial charge in [-0.1, -0.05) is 218 Å². The summed E-state index contributed by atoms with van der Waals surface area (Å²) in [5.41, 5.74) is 20.3. The van der Waals surface area contributed by atoms with Crippen LogP contribution in [0.2, 0.25) is 0 Å². The second-order valence-corrected chi connectivity index (χ2v) is 35.7. The van der Waals surface area contributed by atoms with Crippen molar-refractivity contribution >= 4 is 241 Å². The van der Waals surface area contributed by atoms with Crippen LogP contribution in [0.1, 0.15) is 13.8 Å². The normalized spacial score (nSPS) is 13.9. The van der Waals surface area contributed by atoms with Crippen molar-refractivity contribution in [1.82, 2.24) is 22.8 Å². The second kappa shape index (κ2) is 26.8. The lowest BCUT2D eigenvalue weighted by Crippen LogP contribution is -2.66. The predicted molar refractivity (Wildman–Crippen MR) is 533 cm³/mol. The van der Waals surface area contributed by atoms with Gasteiger partial charge in [0.05, 0.1) is 66.9 Å². The van der Waals surface area contributed by atoms with Crippen molar-refractivity contribution in [3.8, 4) is 28.4 Å². The summed E-state index contributed by atoms with van der Waals surface area (Å²) in [5.74, 6) is -5.91. The van der Waals surface area contributed by atoms with Crippen LogP contribution >= 0.6 is 0 Å². The minimum Gasteiger partial charge on any atom is -0.312 e. The Bertz CT molecular complexity index is 9180. The van der Waals surface area contributed by atoms with Gasteiger partial charge >= 0.3 is 0 Å². The number of para-hydroxylation sites is 13. The van der Waals surface area contributed by atoms with Crippen molar-refractivity contribution in [2.24, 2.45) is 0 Å². The first-order valence-electron chi connectivity index (χ1n) is 44.8. The van der Waals surface area contributed by atoms with Gasteiger partial charge in [0.25, 0.3) is 20.1 Å². The Morgan fingerprint density at radius 2 is 0.489 bits per heavy atom. The molecule has 0 radical (unpaired) electrons. The molecule has 0 aliphatic carbocycles. The zero-order valence-corrected chi connectivity index (χ0v) is 71.0. The zero-order chi connectivity index (χ0) is 88.2. The van der Waals surface area contributed by atoms with E-state index in [2.05, 4.69) is 174 Å². The highest BCUT2D eigenvalue weighted by atomic mass is 19.2. The summed E-state index contributed by atoms with van der Waals surface area (Å²) in [6.45, 7) is 0.936. The summed E-state index contributed by atoms with van der Waals surface area (Å²) >= 11 is 0. The lowest BCUT2D eigenvalue weighted by molar-refractivity contribution is 0.585. The third-order valence-corrected chi connectivity index (χ3v) is 29.3. The van der Waals surface area contributed by atoms with Gasteiger partial charge in [-0.3, -0.25) is 0 Å². The molecule has 0 bridgehead atoms. The Morgan fingerprint density at radius 1 is 0.241 bits per heavy atom. The van der Waals surface area contributed by atoms with Gasteiger partial charge in [-0.15, -0.1) is 0 Å². The molecule has 0 amide bonds. The van der Waals surface area contributed by atoms with Crippen LogP contribution in [0.15, 0.2) is 369 Å². The number of fused-ring (bicyclic) bond motifs is 27. The smallest absolute Gasteiger partial charge is 0.252 e. The molecule has 5 aromatic heterocycles. The average molecular weight is 1730 g/mol. The topological polar surface area (TPSA) is 37.6 Å². The Kier molecular flexibility index (Phi) is 15.0. The van der Waals surface area contributed by atoms with Gasteiger partial charge < -0.3 is 42.4 Å². The molecule has 624 valence electrons. The van der Waals surface area contributed by atoms with Crippen LogP contribution in [0.5, 0.6) is 0 Å². The van der Waals surface area contributed by atoms with E-state index >= 15 is 30.7 Å². The Labute approximate surface area is 755 Å². The molecule has 0 saturated heterocycles. The molecular weight excluding hydrogens is 1660 g/mol. The molecule has 11 heterocycles. The number of nitrogens with zero attached hydrogens (tertiary/aromatic N) is 9. The molecule has 18 aromatic carbocycles. The van der Waals surface area contributed by atoms with Crippen LogP contribution in [-0.4, -0.2) is 43.0 Å². The largest absolute Gasteiger partial charge is 0.312 e. The van der Waals surface area contributed by atoms with Crippen LogP contribution in [0.4, 0.5) is 93.3 Å². The Morgan fingerprint density at radius 3 is 0.812 bits per heavy atom. The molecular formula is C114H65B3F7N9. The summed E-state index contributed by atoms with van der Waals surface area (Å²) in [5, 5.41) is 9.77. The highest BCUT2D eigenvalue weighted by Crippen LogP contribution is 2.54. The van der Waals surface area contributed by atoms with Crippen molar-refractivity contribution in [3.63, 3.8) is 0 Å². The monoisotopic (exact) mass is 1730 g/mol. The number of halogens is 7. The van der Waals surface area contributed by atoms with Crippen molar-refractivity contribution in [3.05, 3.63) is 404 Å². The second-order valence-electron chi connectivity index (χ2n) is 35.7. The highest BCUT2D eigenvalue weighted by Gasteiger charge is 2.53. The van der Waals surface area contributed by atoms with Crippen LogP contribution in [0.25, 0.3) is 137 Å². The molecule has 0 N–H and O–H groups in total. The Hall–Kier alpha value is -16.7. The van der Waals surface area contributed by atoms with E-state index in [-0.39, 0.29) is 17.1 Å². The van der Waals surface area contributed by atoms with E-state index < -0.39 is 72.2 Å². The number of allylic oxidation sites excluding steroid dienone is 4. The molecule has 19 heteroatoms. The van der Waals surface area contributed by atoms with Gasteiger partial charge in [0.15, 0.2) is 0 Å². The summed E-state index contributed by atoms with van der Waals surface area (Å²) in [6, 6.07) is 111. The summed E-state index contributed by atoms with van der Waals surface area (Å²) < 4.78 is 142. The third kappa shape index (κ3) is 9.63. The van der Waals surface area contributed by atoms with E-state index in [0.29, 0.717) is 78.5 Å². The maximum Gasteiger partial charge on any atom is 0.252 e. The first kappa shape index (κ1) is 74.3. The number of hydrogen-bond acceptors (Lipinski definition) is 4. The maximum absolute atomic E-state index is 18.9. The molecule has 6 aliphatic rings. The fourth-order valence-electron chi connectivity index (χ4n) is 24.3. The minimum atomic E-state index is -1.04. The first-order valence-corrected chi connectivity index (χ1v) is 44.8. The van der Waals surface area contributed by atoms with E-state index in [1.54, 1.807) is 34.6 Å². The van der Waals surface area contributed by atoms with E-state index in [4.69, 9.17) is 0 Å². The molecule has 23 aromatic rings.